The third-order valence-corrected chi connectivity index (χ3v) is 26.9. The second-order valence-electron chi connectivity index (χ2n) is 31.4. The zero-order chi connectivity index (χ0) is 77.5. The number of benzene rings is 5. The number of β-amino-alcohol motifs (C(OH)–C–C–N with tert-alkyl or cyclic N) is 1. The molecule has 5 heterocycles. The minimum Gasteiger partial charge on any atom is -0.391 e. The Morgan fingerprint density at radius 1 is 0.778 bits per heavy atom. The number of allylic oxidation sites excluding steroid dienone is 1. The minimum atomic E-state index is -6.17. The summed E-state index contributed by atoms with van der Waals surface area (Å²) in [5.74, 6) is -1.50. The van der Waals surface area contributed by atoms with Crippen molar-refractivity contribution in [3.05, 3.63) is 160 Å². The van der Waals surface area contributed by atoms with Crippen LogP contribution in [-0.2, 0) is 39.0 Å². The van der Waals surface area contributed by atoms with Crippen LogP contribution in [0.2, 0.25) is 5.02 Å². The number of hydrogen-bond donors (Lipinski definition) is 5. The monoisotopic (exact) mass is 1580 g/mol. The van der Waals surface area contributed by atoms with E-state index >= 15 is 0 Å². The van der Waals surface area contributed by atoms with Gasteiger partial charge in [0.2, 0.25) is 23.6 Å². The van der Waals surface area contributed by atoms with Gasteiger partial charge >= 0.3 is 5.51 Å². The fourth-order valence-electron chi connectivity index (χ4n) is 15.5. The number of carbonyl (C=O) groups is 5. The van der Waals surface area contributed by atoms with Crippen LogP contribution in [0, 0.1) is 29.6 Å². The van der Waals surface area contributed by atoms with Gasteiger partial charge < -0.3 is 40.7 Å². The van der Waals surface area contributed by atoms with E-state index in [0.717, 1.165) is 83.3 Å². The van der Waals surface area contributed by atoms with Crippen LogP contribution in [0.4, 0.5) is 24.5 Å². The van der Waals surface area contributed by atoms with Crippen molar-refractivity contribution < 1.29 is 59.1 Å². The number of nitrogens with zero attached hydrogens (tertiary/aromatic N) is 6. The number of likely N-dealkylation sites (tertiary alicyclic amines) is 3. The minimum absolute atomic E-state index is 0.0333. The standard InChI is InChI=1S/C80H100ClF3N10O10S4/c1-52(54-19-21-56(22-20-54)73-53(2)85-51-106-73)86-76(99)69-41-64(95)49-94(69)77(100)74(78(3,4)5)88-71(96)17-13-8-9-14-18-72(97)93-47-59-45-91(46-60(59)48-93)36-34-62(50-105-65-15-11-10-12-16-65)87-68-32-31-66(42-70(68)107(101,102)80(82,83)84)108(103,104)89-75(98)57-25-29-63(30-26-57)92-39-37-90(38-40-92)44-58-43-79(6,7)35-33-67(58)55-23-27-61(81)28-24-55/h10-12,15-16,19-32,42,51-52,59-60,62,64,69,74,87,95H,8-9,13-14,17-18,33-41,43-50H2,1-7H3,(H,86,99)(H,88,96)(H,89,98)/t52-,59+,60?,62+,64+,69-,74+/m0/s1. The molecular formula is C80H100ClF3N10O10S4. The van der Waals surface area contributed by atoms with Gasteiger partial charge in [-0.25, -0.2) is 26.5 Å². The van der Waals surface area contributed by atoms with Crippen LogP contribution < -0.4 is 25.6 Å². The number of halogens is 4. The van der Waals surface area contributed by atoms with Crippen LogP contribution in [-0.4, -0.2) is 184 Å². The first-order valence-electron chi connectivity index (χ1n) is 37.3. The lowest BCUT2D eigenvalue weighted by Crippen LogP contribution is -2.57. The molecule has 20 nitrogen and oxygen atoms in total. The maximum absolute atomic E-state index is 14.6. The molecule has 582 valence electrons. The fraction of sp³-hybridized carbons (Fsp3) is 0.500. The lowest BCUT2D eigenvalue weighted by molar-refractivity contribution is -0.144. The van der Waals surface area contributed by atoms with Crippen molar-refractivity contribution in [3.63, 3.8) is 0 Å². The number of alkyl halides is 3. The summed E-state index contributed by atoms with van der Waals surface area (Å²) in [5, 5.41) is 20.5. The van der Waals surface area contributed by atoms with E-state index in [9.17, 15) is 59.1 Å². The number of carbonyl (C=O) groups excluding carboxylic acids is 5. The predicted octanol–water partition coefficient (Wildman–Crippen LogP) is 13.0. The Kier molecular flexibility index (Phi) is 26.4. The van der Waals surface area contributed by atoms with E-state index in [-0.39, 0.29) is 60.1 Å². The summed E-state index contributed by atoms with van der Waals surface area (Å²) in [7, 11) is -11.1. The number of unbranched alkanes of at least 4 members (excludes halogenated alkanes) is 3. The van der Waals surface area contributed by atoms with Gasteiger partial charge in [-0.1, -0.05) is 119 Å². The first-order chi connectivity index (χ1) is 51.2. The number of hydrogen-bond acceptors (Lipinski definition) is 17. The van der Waals surface area contributed by atoms with Crippen molar-refractivity contribution >= 4 is 101 Å². The van der Waals surface area contributed by atoms with Crippen LogP contribution in [0.3, 0.4) is 0 Å². The van der Waals surface area contributed by atoms with E-state index in [4.69, 9.17) is 11.6 Å². The Morgan fingerprint density at radius 3 is 2.07 bits per heavy atom. The van der Waals surface area contributed by atoms with Crippen molar-refractivity contribution in [2.45, 2.75) is 170 Å². The van der Waals surface area contributed by atoms with Gasteiger partial charge in [-0.2, -0.15) is 13.2 Å². The van der Waals surface area contributed by atoms with E-state index in [1.54, 1.807) is 29.0 Å². The van der Waals surface area contributed by atoms with Gasteiger partial charge in [-0.3, -0.25) is 28.9 Å². The molecule has 1 aromatic heterocycles. The molecule has 4 saturated heterocycles. The van der Waals surface area contributed by atoms with Crippen molar-refractivity contribution in [1.82, 2.24) is 39.9 Å². The van der Waals surface area contributed by atoms with Gasteiger partial charge in [0.05, 0.1) is 38.8 Å². The molecule has 28 heteroatoms. The number of aryl methyl sites for hydroxylation is 1. The number of piperazine rings is 1. The van der Waals surface area contributed by atoms with E-state index in [1.807, 2.05) is 111 Å². The SMILES string of the molecule is Cc1ncsc1-c1ccc([C@H](C)NC(=O)[C@@H]2C[C@@H](O)CN2C(=O)[C@@H](NC(=O)CCCCCCC(=O)N2CC3CN(CC[C@H](CSc4ccccc4)Nc4ccc(S(=O)(=O)NC(=O)c5ccc(N6CCN(CC7=C(c8ccc(Cl)cc8)CCC(C)(C)C7)CC6)cc5)cc4S(=O)(=O)C(F)(F)F)C[C@@H]3C2)C(C)(C)C)cc1. The summed E-state index contributed by atoms with van der Waals surface area (Å²) in [6.45, 7) is 20.7. The highest BCUT2D eigenvalue weighted by atomic mass is 35.5. The second-order valence-corrected chi connectivity index (χ2v) is 37.4. The molecule has 4 fully saturated rings. The van der Waals surface area contributed by atoms with Gasteiger partial charge in [-0.15, -0.1) is 23.1 Å². The number of aliphatic hydroxyl groups excluding tert-OH is 1. The van der Waals surface area contributed by atoms with Crippen LogP contribution >= 0.6 is 34.7 Å². The Bertz CT molecular complexity index is 4430. The van der Waals surface area contributed by atoms with Crippen molar-refractivity contribution in [2.75, 3.05) is 88.0 Å². The number of nitrogens with one attached hydrogen (secondary N) is 4. The van der Waals surface area contributed by atoms with Gasteiger partial charge in [0.25, 0.3) is 25.8 Å². The lowest BCUT2D eigenvalue weighted by Gasteiger charge is -2.39. The average molecular weight is 1580 g/mol. The zero-order valence-corrected chi connectivity index (χ0v) is 66.4. The number of aliphatic hydroxyl groups is 1. The number of rotatable bonds is 29. The van der Waals surface area contributed by atoms with Crippen molar-refractivity contribution in [1.29, 1.82) is 0 Å². The van der Waals surface area contributed by atoms with Crippen LogP contribution in [0.1, 0.15) is 145 Å². The molecule has 108 heavy (non-hydrogen) atoms. The summed E-state index contributed by atoms with van der Waals surface area (Å²) < 4.78 is 101. The molecule has 11 rings (SSSR count). The molecule has 5 N–H and O–H groups in total. The Labute approximate surface area is 646 Å². The van der Waals surface area contributed by atoms with Crippen LogP contribution in [0.25, 0.3) is 16.0 Å². The van der Waals surface area contributed by atoms with E-state index in [2.05, 4.69) is 61.6 Å². The second kappa shape index (κ2) is 34.9. The highest BCUT2D eigenvalue weighted by Crippen LogP contribution is 2.44. The van der Waals surface area contributed by atoms with Gasteiger partial charge in [0, 0.05) is 124 Å². The van der Waals surface area contributed by atoms with E-state index in [1.165, 1.54) is 45.5 Å². The highest BCUT2D eigenvalue weighted by molar-refractivity contribution is 7.99. The van der Waals surface area contributed by atoms with Crippen LogP contribution in [0.15, 0.2) is 147 Å². The molecule has 5 aliphatic rings. The first kappa shape index (κ1) is 81.6. The number of sulfone groups is 1. The first-order valence-corrected chi connectivity index (χ1v) is 42.5. The lowest BCUT2D eigenvalue weighted by atomic mass is 9.73. The van der Waals surface area contributed by atoms with Gasteiger partial charge in [-0.05, 0) is 164 Å². The van der Waals surface area contributed by atoms with Crippen molar-refractivity contribution in [2.24, 2.45) is 22.7 Å². The fourth-order valence-corrected chi connectivity index (χ4v) is 19.4. The summed E-state index contributed by atoms with van der Waals surface area (Å²) in [4.78, 5) is 83.1. The molecular weight excluding hydrogens is 1480 g/mol. The van der Waals surface area contributed by atoms with Crippen LogP contribution in [0.5, 0.6) is 0 Å². The molecule has 5 aromatic carbocycles. The Balaban J connectivity index is 0.633. The molecule has 4 aliphatic heterocycles. The topological polar surface area (TPSA) is 251 Å². The number of thioether (sulfide) groups is 1. The maximum Gasteiger partial charge on any atom is 0.501 e. The van der Waals surface area contributed by atoms with Gasteiger partial charge in [0.1, 0.15) is 17.0 Å². The third kappa shape index (κ3) is 20.6. The smallest absolute Gasteiger partial charge is 0.391 e. The molecule has 1 aliphatic carbocycles. The predicted molar refractivity (Wildman–Crippen MR) is 419 cm³/mol. The number of amides is 5. The largest absolute Gasteiger partial charge is 0.501 e. The molecule has 0 bridgehead atoms. The molecule has 1 unspecified atom stereocenters. The Hall–Kier alpha value is -7.37. The normalized spacial score (nSPS) is 20.3. The summed E-state index contributed by atoms with van der Waals surface area (Å²) in [6, 6.07) is 31.1. The van der Waals surface area contributed by atoms with E-state index in [0.29, 0.717) is 101 Å². The Morgan fingerprint density at radius 2 is 1.44 bits per heavy atom. The van der Waals surface area contributed by atoms with Gasteiger partial charge in [0.15, 0.2) is 0 Å². The quantitative estimate of drug-likeness (QED) is 0.0216. The summed E-state index contributed by atoms with van der Waals surface area (Å²) in [5.41, 5.74) is 2.64. The highest BCUT2D eigenvalue weighted by Gasteiger charge is 2.50. The number of anilines is 2. The average Bonchev–Trinajstić information content (AvgIpc) is 1.18. The molecule has 5 amide bonds. The number of sulfonamides is 1. The molecule has 0 radical (unpaired) electrons. The van der Waals surface area contributed by atoms with Crippen molar-refractivity contribution in [3.8, 4) is 10.4 Å². The number of aromatic nitrogens is 1. The summed E-state index contributed by atoms with van der Waals surface area (Å²) >= 11 is 9.21. The zero-order valence-electron chi connectivity index (χ0n) is 62.4. The molecule has 0 saturated carbocycles. The third-order valence-electron chi connectivity index (χ3n) is 21.6. The maximum atomic E-state index is 14.6. The van der Waals surface area contributed by atoms with E-state index < -0.39 is 88.2 Å². The summed E-state index contributed by atoms with van der Waals surface area (Å²) in [6.07, 6.45) is 5.62. The molecule has 6 aromatic rings. The molecule has 0 spiro atoms. The number of fused-ring (bicyclic) bond motifs is 1. The molecule has 7 atom stereocenters. The number of thiazole rings is 1.